The van der Waals surface area contributed by atoms with Crippen LogP contribution in [0, 0.1) is 6.92 Å². The van der Waals surface area contributed by atoms with Crippen molar-refractivity contribution in [1.82, 2.24) is 9.97 Å². The average molecular weight is 197 g/mol. The molecule has 0 saturated heterocycles. The maximum absolute atomic E-state index is 10.6. The Morgan fingerprint density at radius 1 is 1.71 bits per heavy atom. The summed E-state index contributed by atoms with van der Waals surface area (Å²) in [7, 11) is 1.41. The highest BCUT2D eigenvalue weighted by Gasteiger charge is 2.20. The molecule has 0 amide bonds. The third-order valence-corrected chi connectivity index (χ3v) is 1.68. The normalized spacial score (nSPS) is 12.2. The van der Waals surface area contributed by atoms with Crippen molar-refractivity contribution in [1.29, 1.82) is 0 Å². The van der Waals surface area contributed by atoms with Gasteiger partial charge in [-0.15, -0.1) is 0 Å². The van der Waals surface area contributed by atoms with E-state index in [9.17, 15) is 4.79 Å². The predicted molar refractivity (Wildman–Crippen MR) is 47.9 cm³/mol. The second-order valence-corrected chi connectivity index (χ2v) is 2.69. The summed E-state index contributed by atoms with van der Waals surface area (Å²) in [5.41, 5.74) is 5.60. The van der Waals surface area contributed by atoms with E-state index in [1.54, 1.807) is 6.92 Å². The lowest BCUT2D eigenvalue weighted by atomic mass is 10.2. The minimum atomic E-state index is -1.19. The van der Waals surface area contributed by atoms with Gasteiger partial charge < -0.3 is 15.6 Å². The SMILES string of the molecule is COc1cnc(C)nc1C(N)C(=O)O. The molecule has 6 nitrogen and oxygen atoms in total. The smallest absolute Gasteiger partial charge is 0.326 e. The van der Waals surface area contributed by atoms with Crippen LogP contribution in [0.1, 0.15) is 17.6 Å². The summed E-state index contributed by atoms with van der Waals surface area (Å²) in [5, 5.41) is 8.71. The summed E-state index contributed by atoms with van der Waals surface area (Å²) >= 11 is 0. The van der Waals surface area contributed by atoms with Crippen LogP contribution in [0.25, 0.3) is 0 Å². The van der Waals surface area contributed by atoms with Crippen molar-refractivity contribution in [2.45, 2.75) is 13.0 Å². The largest absolute Gasteiger partial charge is 0.493 e. The molecule has 0 aliphatic heterocycles. The molecule has 1 unspecified atom stereocenters. The molecule has 0 spiro atoms. The van der Waals surface area contributed by atoms with Gasteiger partial charge in [-0.3, -0.25) is 4.79 Å². The van der Waals surface area contributed by atoms with E-state index >= 15 is 0 Å². The number of aliphatic carboxylic acids is 1. The van der Waals surface area contributed by atoms with Crippen LogP contribution >= 0.6 is 0 Å². The zero-order valence-electron chi connectivity index (χ0n) is 7.89. The molecule has 0 fully saturated rings. The molecular weight excluding hydrogens is 186 g/mol. The lowest BCUT2D eigenvalue weighted by molar-refractivity contribution is -0.138. The summed E-state index contributed by atoms with van der Waals surface area (Å²) < 4.78 is 4.90. The molecule has 0 saturated carbocycles. The second kappa shape index (κ2) is 4.01. The highest BCUT2D eigenvalue weighted by atomic mass is 16.5. The summed E-state index contributed by atoms with van der Waals surface area (Å²) in [6.07, 6.45) is 1.40. The Morgan fingerprint density at radius 2 is 2.36 bits per heavy atom. The number of aryl methyl sites for hydroxylation is 1. The van der Waals surface area contributed by atoms with E-state index in [4.69, 9.17) is 15.6 Å². The van der Waals surface area contributed by atoms with Gasteiger partial charge in [0.15, 0.2) is 5.75 Å². The van der Waals surface area contributed by atoms with Gasteiger partial charge in [-0.05, 0) is 6.92 Å². The van der Waals surface area contributed by atoms with E-state index in [2.05, 4.69) is 9.97 Å². The van der Waals surface area contributed by atoms with Gasteiger partial charge in [0.2, 0.25) is 0 Å². The predicted octanol–water partition coefficient (Wildman–Crippen LogP) is -0.122. The number of ether oxygens (including phenoxy) is 1. The van der Waals surface area contributed by atoms with Crippen LogP contribution in [0.15, 0.2) is 6.20 Å². The van der Waals surface area contributed by atoms with Crippen molar-refractivity contribution in [3.05, 3.63) is 17.7 Å². The van der Waals surface area contributed by atoms with Crippen LogP contribution in [0.5, 0.6) is 5.75 Å². The number of hydrogen-bond donors (Lipinski definition) is 2. The standard InChI is InChI=1S/C8H11N3O3/c1-4-10-3-5(14-2)7(11-4)6(9)8(12)13/h3,6H,9H2,1-2H3,(H,12,13). The second-order valence-electron chi connectivity index (χ2n) is 2.69. The van der Waals surface area contributed by atoms with Crippen molar-refractivity contribution in [2.24, 2.45) is 5.73 Å². The Balaban J connectivity index is 3.16. The monoisotopic (exact) mass is 197 g/mol. The van der Waals surface area contributed by atoms with Gasteiger partial charge in [0, 0.05) is 0 Å². The number of nitrogens with zero attached hydrogens (tertiary/aromatic N) is 2. The fourth-order valence-electron chi connectivity index (χ4n) is 0.973. The van der Waals surface area contributed by atoms with Crippen molar-refractivity contribution in [3.63, 3.8) is 0 Å². The third-order valence-electron chi connectivity index (χ3n) is 1.68. The van der Waals surface area contributed by atoms with Gasteiger partial charge in [0.1, 0.15) is 17.6 Å². The first-order valence-electron chi connectivity index (χ1n) is 3.92. The van der Waals surface area contributed by atoms with Gasteiger partial charge in [-0.2, -0.15) is 0 Å². The first kappa shape index (κ1) is 10.4. The molecule has 6 heteroatoms. The molecule has 0 aliphatic carbocycles. The fourth-order valence-corrected chi connectivity index (χ4v) is 0.973. The third kappa shape index (κ3) is 1.97. The number of rotatable bonds is 3. The molecule has 1 aromatic heterocycles. The number of carbonyl (C=O) groups is 1. The van der Waals surface area contributed by atoms with Gasteiger partial charge in [0.25, 0.3) is 0 Å². The molecule has 1 rings (SSSR count). The Hall–Kier alpha value is -1.69. The number of aromatic nitrogens is 2. The Kier molecular flexibility index (Phi) is 2.98. The van der Waals surface area contributed by atoms with Crippen LogP contribution in [0.4, 0.5) is 0 Å². The molecule has 0 aromatic carbocycles. The fraction of sp³-hybridized carbons (Fsp3) is 0.375. The lowest BCUT2D eigenvalue weighted by Gasteiger charge is -2.10. The average Bonchev–Trinajstić information content (AvgIpc) is 2.16. The zero-order valence-corrected chi connectivity index (χ0v) is 7.89. The number of hydrogen-bond acceptors (Lipinski definition) is 5. The van der Waals surface area contributed by atoms with E-state index in [0.717, 1.165) is 0 Å². The molecule has 14 heavy (non-hydrogen) atoms. The Bertz CT molecular complexity index is 354. The van der Waals surface area contributed by atoms with Gasteiger partial charge in [-0.1, -0.05) is 0 Å². The Morgan fingerprint density at radius 3 is 2.86 bits per heavy atom. The minimum Gasteiger partial charge on any atom is -0.493 e. The van der Waals surface area contributed by atoms with E-state index in [0.29, 0.717) is 5.82 Å². The molecule has 1 heterocycles. The molecule has 1 aromatic rings. The first-order valence-corrected chi connectivity index (χ1v) is 3.92. The highest BCUT2D eigenvalue weighted by Crippen LogP contribution is 2.20. The maximum atomic E-state index is 10.6. The lowest BCUT2D eigenvalue weighted by Crippen LogP contribution is -2.23. The van der Waals surface area contributed by atoms with Gasteiger partial charge >= 0.3 is 5.97 Å². The summed E-state index contributed by atoms with van der Waals surface area (Å²) in [5.74, 6) is -0.413. The molecule has 76 valence electrons. The van der Waals surface area contributed by atoms with E-state index in [1.165, 1.54) is 13.3 Å². The molecular formula is C8H11N3O3. The van der Waals surface area contributed by atoms with Crippen molar-refractivity contribution in [2.75, 3.05) is 7.11 Å². The van der Waals surface area contributed by atoms with E-state index in [1.807, 2.05) is 0 Å². The van der Waals surface area contributed by atoms with Crippen molar-refractivity contribution < 1.29 is 14.6 Å². The van der Waals surface area contributed by atoms with Crippen LogP contribution in [0.2, 0.25) is 0 Å². The van der Waals surface area contributed by atoms with Crippen LogP contribution < -0.4 is 10.5 Å². The van der Waals surface area contributed by atoms with Crippen molar-refractivity contribution in [3.8, 4) is 5.75 Å². The number of methoxy groups -OCH3 is 1. The van der Waals surface area contributed by atoms with Gasteiger partial charge in [-0.25, -0.2) is 9.97 Å². The number of carboxylic acids is 1. The molecule has 0 bridgehead atoms. The highest BCUT2D eigenvalue weighted by molar-refractivity contribution is 5.75. The summed E-state index contributed by atoms with van der Waals surface area (Å²) in [6.45, 7) is 1.65. The quantitative estimate of drug-likeness (QED) is 0.700. The Labute approximate surface area is 80.7 Å². The van der Waals surface area contributed by atoms with Crippen LogP contribution in [-0.2, 0) is 4.79 Å². The van der Waals surface area contributed by atoms with Gasteiger partial charge in [0.05, 0.1) is 13.3 Å². The van der Waals surface area contributed by atoms with E-state index in [-0.39, 0.29) is 11.4 Å². The maximum Gasteiger partial charge on any atom is 0.326 e. The molecule has 0 aliphatic rings. The van der Waals surface area contributed by atoms with Crippen molar-refractivity contribution >= 4 is 5.97 Å². The van der Waals surface area contributed by atoms with E-state index < -0.39 is 12.0 Å². The number of nitrogens with two attached hydrogens (primary N) is 1. The summed E-state index contributed by atoms with van der Waals surface area (Å²) in [4.78, 5) is 18.4. The summed E-state index contributed by atoms with van der Waals surface area (Å²) in [6, 6.07) is -1.19. The van der Waals surface area contributed by atoms with Crippen LogP contribution in [-0.4, -0.2) is 28.2 Å². The number of carboxylic acid groups (broad SMARTS) is 1. The molecule has 0 radical (unpaired) electrons. The molecule has 3 N–H and O–H groups in total. The topological polar surface area (TPSA) is 98.3 Å². The first-order chi connectivity index (χ1) is 6.56. The van der Waals surface area contributed by atoms with Crippen LogP contribution in [0.3, 0.4) is 0 Å². The molecule has 1 atom stereocenters. The minimum absolute atomic E-state index is 0.188. The zero-order chi connectivity index (χ0) is 10.7.